The number of hydrogen-bond donors (Lipinski definition) is 1. The molecule has 1 N–H and O–H groups in total. The minimum absolute atomic E-state index is 0.0822. The highest BCUT2D eigenvalue weighted by atomic mass is 79.9. The highest BCUT2D eigenvalue weighted by Gasteiger charge is 2.06. The predicted octanol–water partition coefficient (Wildman–Crippen LogP) is 4.28. The third-order valence-electron chi connectivity index (χ3n) is 2.42. The van der Waals surface area contributed by atoms with E-state index in [0.29, 0.717) is 5.02 Å². The molecule has 92 valence electrons. The molecule has 2 rings (SSSR count). The molecule has 1 amide bonds. The lowest BCUT2D eigenvalue weighted by atomic mass is 10.1. The topological polar surface area (TPSA) is 29.1 Å². The zero-order chi connectivity index (χ0) is 13.0. The predicted molar refractivity (Wildman–Crippen MR) is 77.9 cm³/mol. The lowest BCUT2D eigenvalue weighted by molar-refractivity contribution is -0.115. The Morgan fingerprint density at radius 3 is 2.67 bits per heavy atom. The molecule has 2 nitrogen and oxygen atoms in total. The van der Waals surface area contributed by atoms with Crippen LogP contribution in [0.5, 0.6) is 0 Å². The monoisotopic (exact) mass is 323 g/mol. The fraction of sp³-hybridized carbons (Fsp3) is 0.0714. The second-order valence-corrected chi connectivity index (χ2v) is 5.15. The molecule has 0 saturated carbocycles. The molecular weight excluding hydrogens is 314 g/mol. The molecule has 0 heterocycles. The molecule has 0 radical (unpaired) electrons. The van der Waals surface area contributed by atoms with Gasteiger partial charge in [-0.25, -0.2) is 0 Å². The van der Waals surface area contributed by atoms with Gasteiger partial charge >= 0.3 is 0 Å². The standard InChI is InChI=1S/C14H11BrClNO/c15-11-5-3-6-12(9-11)17-14(18)8-10-4-1-2-7-13(10)16/h1-7,9H,8H2,(H,17,18). The molecule has 0 saturated heterocycles. The third-order valence-corrected chi connectivity index (χ3v) is 3.28. The summed E-state index contributed by atoms with van der Waals surface area (Å²) < 4.78 is 0.929. The summed E-state index contributed by atoms with van der Waals surface area (Å²) in [5.41, 5.74) is 1.59. The molecule has 2 aromatic carbocycles. The van der Waals surface area contributed by atoms with Gasteiger partial charge in [0.05, 0.1) is 6.42 Å². The Balaban J connectivity index is 2.03. The summed E-state index contributed by atoms with van der Waals surface area (Å²) in [5.74, 6) is -0.0822. The molecule has 0 spiro atoms. The van der Waals surface area contributed by atoms with E-state index >= 15 is 0 Å². The minimum atomic E-state index is -0.0822. The van der Waals surface area contributed by atoms with Crippen molar-refractivity contribution in [2.75, 3.05) is 5.32 Å². The number of carbonyl (C=O) groups excluding carboxylic acids is 1. The van der Waals surface area contributed by atoms with Crippen molar-refractivity contribution in [3.8, 4) is 0 Å². The zero-order valence-corrected chi connectivity index (χ0v) is 11.8. The van der Waals surface area contributed by atoms with Gasteiger partial charge in [-0.1, -0.05) is 51.8 Å². The van der Waals surface area contributed by atoms with Crippen molar-refractivity contribution < 1.29 is 4.79 Å². The molecule has 0 atom stereocenters. The zero-order valence-electron chi connectivity index (χ0n) is 9.49. The average molecular weight is 325 g/mol. The summed E-state index contributed by atoms with van der Waals surface area (Å²) in [7, 11) is 0. The number of amides is 1. The average Bonchev–Trinajstić information content (AvgIpc) is 2.32. The SMILES string of the molecule is O=C(Cc1ccccc1Cl)Nc1cccc(Br)c1. The number of nitrogens with one attached hydrogen (secondary N) is 1. The number of halogens is 2. The van der Waals surface area contributed by atoms with Crippen molar-refractivity contribution in [2.45, 2.75) is 6.42 Å². The van der Waals surface area contributed by atoms with Crippen LogP contribution in [0.25, 0.3) is 0 Å². The van der Waals surface area contributed by atoms with Crippen molar-refractivity contribution in [1.82, 2.24) is 0 Å². The maximum absolute atomic E-state index is 11.9. The van der Waals surface area contributed by atoms with E-state index in [9.17, 15) is 4.79 Å². The van der Waals surface area contributed by atoms with Crippen molar-refractivity contribution in [3.05, 3.63) is 63.6 Å². The van der Waals surface area contributed by atoms with Crippen LogP contribution in [0.4, 0.5) is 5.69 Å². The van der Waals surface area contributed by atoms with Crippen LogP contribution in [0.15, 0.2) is 53.0 Å². The van der Waals surface area contributed by atoms with Crippen LogP contribution in [-0.4, -0.2) is 5.91 Å². The number of anilines is 1. The van der Waals surface area contributed by atoms with E-state index in [2.05, 4.69) is 21.2 Å². The lowest BCUT2D eigenvalue weighted by Crippen LogP contribution is -2.14. The van der Waals surface area contributed by atoms with Gasteiger partial charge in [-0.2, -0.15) is 0 Å². The maximum Gasteiger partial charge on any atom is 0.228 e. The van der Waals surface area contributed by atoms with Crippen molar-refractivity contribution in [3.63, 3.8) is 0 Å². The van der Waals surface area contributed by atoms with E-state index < -0.39 is 0 Å². The summed E-state index contributed by atoms with van der Waals surface area (Å²) in [6.07, 6.45) is 0.270. The number of hydrogen-bond acceptors (Lipinski definition) is 1. The highest BCUT2D eigenvalue weighted by Crippen LogP contribution is 2.18. The number of rotatable bonds is 3. The molecule has 0 aromatic heterocycles. The Morgan fingerprint density at radius 1 is 1.17 bits per heavy atom. The first-order valence-corrected chi connectivity index (χ1v) is 6.61. The van der Waals surface area contributed by atoms with E-state index in [0.717, 1.165) is 15.7 Å². The van der Waals surface area contributed by atoms with Crippen LogP contribution in [-0.2, 0) is 11.2 Å². The first-order valence-electron chi connectivity index (χ1n) is 5.44. The molecule has 0 aliphatic rings. The van der Waals surface area contributed by atoms with Crippen LogP contribution < -0.4 is 5.32 Å². The quantitative estimate of drug-likeness (QED) is 0.897. The summed E-state index contributed by atoms with van der Waals surface area (Å²) in [6.45, 7) is 0. The Kier molecular flexibility index (Phi) is 4.39. The van der Waals surface area contributed by atoms with Crippen molar-refractivity contribution >= 4 is 39.1 Å². The number of benzene rings is 2. The molecule has 0 aliphatic carbocycles. The van der Waals surface area contributed by atoms with Gasteiger partial charge in [-0.15, -0.1) is 0 Å². The summed E-state index contributed by atoms with van der Waals surface area (Å²) in [4.78, 5) is 11.9. The van der Waals surface area contributed by atoms with E-state index in [1.807, 2.05) is 42.5 Å². The normalized spacial score (nSPS) is 10.1. The van der Waals surface area contributed by atoms with Gasteiger partial charge in [0.15, 0.2) is 0 Å². The molecule has 4 heteroatoms. The van der Waals surface area contributed by atoms with Gasteiger partial charge in [-0.3, -0.25) is 4.79 Å². The molecule has 2 aromatic rings. The van der Waals surface area contributed by atoms with Crippen LogP contribution >= 0.6 is 27.5 Å². The Morgan fingerprint density at radius 2 is 1.94 bits per heavy atom. The van der Waals surface area contributed by atoms with Gasteiger partial charge in [0.25, 0.3) is 0 Å². The second kappa shape index (κ2) is 6.03. The van der Waals surface area contributed by atoms with Gasteiger partial charge in [0.1, 0.15) is 0 Å². The second-order valence-electron chi connectivity index (χ2n) is 3.83. The fourth-order valence-corrected chi connectivity index (χ4v) is 2.19. The highest BCUT2D eigenvalue weighted by molar-refractivity contribution is 9.10. The van der Waals surface area contributed by atoms with Crippen LogP contribution in [0.2, 0.25) is 5.02 Å². The van der Waals surface area contributed by atoms with Crippen molar-refractivity contribution in [1.29, 1.82) is 0 Å². The molecule has 0 aliphatic heterocycles. The minimum Gasteiger partial charge on any atom is -0.326 e. The summed E-state index contributed by atoms with van der Waals surface area (Å²) in [6, 6.07) is 14.8. The Labute approximate surface area is 119 Å². The van der Waals surface area contributed by atoms with Gasteiger partial charge in [-0.05, 0) is 29.8 Å². The summed E-state index contributed by atoms with van der Waals surface area (Å²) in [5, 5.41) is 3.44. The van der Waals surface area contributed by atoms with E-state index in [-0.39, 0.29) is 12.3 Å². The lowest BCUT2D eigenvalue weighted by Gasteiger charge is -2.06. The van der Waals surface area contributed by atoms with Crippen molar-refractivity contribution in [2.24, 2.45) is 0 Å². The van der Waals surface area contributed by atoms with Crippen LogP contribution in [0.3, 0.4) is 0 Å². The van der Waals surface area contributed by atoms with Gasteiger partial charge in [0, 0.05) is 15.2 Å². The molecule has 0 unspecified atom stereocenters. The summed E-state index contributed by atoms with van der Waals surface area (Å²) >= 11 is 9.37. The fourth-order valence-electron chi connectivity index (χ4n) is 1.59. The van der Waals surface area contributed by atoms with Gasteiger partial charge < -0.3 is 5.32 Å². The maximum atomic E-state index is 11.9. The molecule has 18 heavy (non-hydrogen) atoms. The first-order chi connectivity index (χ1) is 8.65. The van der Waals surface area contributed by atoms with E-state index in [1.54, 1.807) is 6.07 Å². The van der Waals surface area contributed by atoms with Crippen LogP contribution in [0.1, 0.15) is 5.56 Å². The largest absolute Gasteiger partial charge is 0.326 e. The smallest absolute Gasteiger partial charge is 0.228 e. The van der Waals surface area contributed by atoms with E-state index in [4.69, 9.17) is 11.6 Å². The number of carbonyl (C=O) groups is 1. The van der Waals surface area contributed by atoms with Crippen LogP contribution in [0, 0.1) is 0 Å². The molecule has 0 fully saturated rings. The molecule has 0 bridgehead atoms. The Bertz CT molecular complexity index is 571. The first kappa shape index (κ1) is 13.1. The molecular formula is C14H11BrClNO. The van der Waals surface area contributed by atoms with E-state index in [1.165, 1.54) is 0 Å². The Hall–Kier alpha value is -1.32. The third kappa shape index (κ3) is 3.59. The van der Waals surface area contributed by atoms with Gasteiger partial charge in [0.2, 0.25) is 5.91 Å².